The van der Waals surface area contributed by atoms with E-state index >= 15 is 0 Å². The second-order valence-corrected chi connectivity index (χ2v) is 3.51. The highest BCUT2D eigenvalue weighted by Gasteiger charge is 2.66. The first-order valence-corrected chi connectivity index (χ1v) is 4.26. The molecular weight excluding hydrogens is 208 g/mol. The number of ether oxygens (including phenoxy) is 3. The Labute approximate surface area is 82.3 Å². The van der Waals surface area contributed by atoms with E-state index < -0.39 is 47.9 Å². The fourth-order valence-electron chi connectivity index (χ4n) is 2.10. The molecule has 78 valence electrons. The van der Waals surface area contributed by atoms with Crippen molar-refractivity contribution in [3.63, 3.8) is 0 Å². The van der Waals surface area contributed by atoms with Gasteiger partial charge in [-0.05, 0) is 0 Å². The lowest BCUT2D eigenvalue weighted by Gasteiger charge is -2.19. The number of hydrogen-bond acceptors (Lipinski definition) is 7. The van der Waals surface area contributed by atoms with Crippen LogP contribution in [0.4, 0.5) is 0 Å². The third kappa shape index (κ3) is 0.878. The average molecular weight is 212 g/mol. The van der Waals surface area contributed by atoms with Crippen LogP contribution in [-0.4, -0.2) is 36.1 Å². The summed E-state index contributed by atoms with van der Waals surface area (Å²) in [6.07, 6.45) is -2.37. The van der Waals surface area contributed by atoms with Gasteiger partial charge in [-0.3, -0.25) is 9.59 Å². The molecule has 15 heavy (non-hydrogen) atoms. The highest BCUT2D eigenvalue weighted by atomic mass is 16.7. The zero-order valence-electron chi connectivity index (χ0n) is 7.17. The molecule has 0 radical (unpaired) electrons. The Morgan fingerprint density at radius 2 is 1.07 bits per heavy atom. The molecule has 3 aliphatic rings. The lowest BCUT2D eigenvalue weighted by Crippen LogP contribution is -2.41. The molecule has 0 aromatic rings. The van der Waals surface area contributed by atoms with Gasteiger partial charge in [0.2, 0.25) is 0 Å². The summed E-state index contributed by atoms with van der Waals surface area (Å²) in [5, 5.41) is 0. The van der Waals surface area contributed by atoms with Crippen LogP contribution < -0.4 is 0 Å². The monoisotopic (exact) mass is 212 g/mol. The van der Waals surface area contributed by atoms with Gasteiger partial charge < -0.3 is 14.2 Å². The largest absolute Gasteiger partial charge is 0.393 e. The summed E-state index contributed by atoms with van der Waals surface area (Å²) < 4.78 is 13.7. The molecule has 0 aromatic heterocycles. The molecule has 4 unspecified atom stereocenters. The van der Waals surface area contributed by atoms with Crippen LogP contribution >= 0.6 is 0 Å². The highest BCUT2D eigenvalue weighted by Crippen LogP contribution is 2.42. The summed E-state index contributed by atoms with van der Waals surface area (Å²) >= 11 is 0. The van der Waals surface area contributed by atoms with Crippen molar-refractivity contribution in [3.8, 4) is 0 Å². The molecule has 7 heteroatoms. The van der Waals surface area contributed by atoms with Gasteiger partial charge >= 0.3 is 23.9 Å². The van der Waals surface area contributed by atoms with E-state index in [-0.39, 0.29) is 0 Å². The molecule has 3 heterocycles. The van der Waals surface area contributed by atoms with Crippen molar-refractivity contribution in [2.24, 2.45) is 11.8 Å². The first-order chi connectivity index (χ1) is 7.09. The van der Waals surface area contributed by atoms with Crippen molar-refractivity contribution >= 4 is 23.9 Å². The lowest BCUT2D eigenvalue weighted by molar-refractivity contribution is -0.191. The number of hydrogen-bond donors (Lipinski definition) is 0. The molecule has 3 saturated heterocycles. The summed E-state index contributed by atoms with van der Waals surface area (Å²) in [6.45, 7) is 0. The second-order valence-electron chi connectivity index (χ2n) is 3.51. The van der Waals surface area contributed by atoms with Crippen LogP contribution in [0.5, 0.6) is 0 Å². The van der Waals surface area contributed by atoms with Crippen LogP contribution in [0, 0.1) is 11.8 Å². The summed E-state index contributed by atoms with van der Waals surface area (Å²) in [5.74, 6) is -5.58. The first kappa shape index (κ1) is 8.54. The summed E-state index contributed by atoms with van der Waals surface area (Å²) in [7, 11) is 0. The molecule has 3 aliphatic heterocycles. The molecule has 4 atom stereocenters. The first-order valence-electron chi connectivity index (χ1n) is 4.26. The van der Waals surface area contributed by atoms with Crippen molar-refractivity contribution in [2.45, 2.75) is 12.2 Å². The van der Waals surface area contributed by atoms with E-state index in [0.29, 0.717) is 0 Å². The van der Waals surface area contributed by atoms with Crippen LogP contribution in [0.2, 0.25) is 0 Å². The molecule has 0 spiro atoms. The predicted octanol–water partition coefficient (Wildman–Crippen LogP) is -1.85. The van der Waals surface area contributed by atoms with E-state index in [9.17, 15) is 19.2 Å². The van der Waals surface area contributed by atoms with Gasteiger partial charge in [0.1, 0.15) is 11.8 Å². The third-order valence-electron chi connectivity index (χ3n) is 2.74. The van der Waals surface area contributed by atoms with Gasteiger partial charge in [-0.25, -0.2) is 9.59 Å². The van der Waals surface area contributed by atoms with E-state index in [0.717, 1.165) is 0 Å². The van der Waals surface area contributed by atoms with Gasteiger partial charge in [-0.15, -0.1) is 0 Å². The minimum absolute atomic E-state index is 0.829. The molecule has 0 N–H and O–H groups in total. The molecule has 0 amide bonds. The van der Waals surface area contributed by atoms with Gasteiger partial charge in [-0.2, -0.15) is 0 Å². The number of carbonyl (C=O) groups is 4. The Hall–Kier alpha value is -1.76. The highest BCUT2D eigenvalue weighted by molar-refractivity contribution is 6.07. The van der Waals surface area contributed by atoms with Crippen molar-refractivity contribution < 1.29 is 33.4 Å². The van der Waals surface area contributed by atoms with E-state index in [1.807, 2.05) is 0 Å². The topological polar surface area (TPSA) is 96.0 Å². The standard InChI is InChI=1S/C8H4O7/c9-5-1-2(6(10)14-5)4-8(12)15-7(11)3(1)13-4/h1-4H. The van der Waals surface area contributed by atoms with E-state index in [4.69, 9.17) is 4.74 Å². The molecule has 2 bridgehead atoms. The Bertz CT molecular complexity index is 371. The number of carbonyl (C=O) groups excluding carboxylic acids is 4. The summed E-state index contributed by atoms with van der Waals surface area (Å²) in [6, 6.07) is 0. The maximum atomic E-state index is 11.2. The summed E-state index contributed by atoms with van der Waals surface area (Å²) in [5.41, 5.74) is 0. The number of esters is 4. The fraction of sp³-hybridized carbons (Fsp3) is 0.500. The number of cyclic esters (lactones) is 4. The molecule has 3 fully saturated rings. The lowest BCUT2D eigenvalue weighted by atomic mass is 9.90. The normalized spacial score (nSPS) is 42.7. The van der Waals surface area contributed by atoms with Gasteiger partial charge in [0, 0.05) is 0 Å². The molecule has 3 rings (SSSR count). The molecule has 7 nitrogen and oxygen atoms in total. The van der Waals surface area contributed by atoms with Crippen molar-refractivity contribution in [3.05, 3.63) is 0 Å². The van der Waals surface area contributed by atoms with Crippen LogP contribution in [0.25, 0.3) is 0 Å². The van der Waals surface area contributed by atoms with Crippen LogP contribution in [-0.2, 0) is 33.4 Å². The van der Waals surface area contributed by atoms with E-state index in [1.54, 1.807) is 0 Å². The smallest absolute Gasteiger partial charge is 0.343 e. The fourth-order valence-corrected chi connectivity index (χ4v) is 2.10. The average Bonchev–Trinajstić information content (AvgIpc) is 2.63. The van der Waals surface area contributed by atoms with Crippen LogP contribution in [0.3, 0.4) is 0 Å². The SMILES string of the molecule is O=C1OC(=O)C2OC1C1C(=O)OC(=O)C21. The van der Waals surface area contributed by atoms with Crippen molar-refractivity contribution in [1.82, 2.24) is 0 Å². The second kappa shape index (κ2) is 2.43. The van der Waals surface area contributed by atoms with Crippen molar-refractivity contribution in [2.75, 3.05) is 0 Å². The number of rotatable bonds is 0. The van der Waals surface area contributed by atoms with Gasteiger partial charge in [0.25, 0.3) is 0 Å². The Kier molecular flexibility index (Phi) is 1.38. The Morgan fingerprint density at radius 1 is 0.667 bits per heavy atom. The van der Waals surface area contributed by atoms with Crippen molar-refractivity contribution in [1.29, 1.82) is 0 Å². The van der Waals surface area contributed by atoms with Gasteiger partial charge in [-0.1, -0.05) is 0 Å². The quantitative estimate of drug-likeness (QED) is 0.343. The summed E-state index contributed by atoms with van der Waals surface area (Å²) in [4.78, 5) is 44.8. The minimum atomic E-state index is -1.18. The maximum Gasteiger partial charge on any atom is 0.343 e. The molecule has 0 saturated carbocycles. The maximum absolute atomic E-state index is 11.2. The predicted molar refractivity (Wildman–Crippen MR) is 37.8 cm³/mol. The zero-order chi connectivity index (χ0) is 10.7. The molecule has 0 aromatic carbocycles. The molecular formula is C8H4O7. The third-order valence-corrected chi connectivity index (χ3v) is 2.74. The van der Waals surface area contributed by atoms with Gasteiger partial charge in [0.15, 0.2) is 12.2 Å². The minimum Gasteiger partial charge on any atom is -0.393 e. The zero-order valence-corrected chi connectivity index (χ0v) is 7.17. The Morgan fingerprint density at radius 3 is 1.53 bits per heavy atom. The van der Waals surface area contributed by atoms with E-state index in [1.165, 1.54) is 0 Å². The molecule has 0 aliphatic carbocycles. The number of fused-ring (bicyclic) bond motifs is 5. The Balaban J connectivity index is 2.09. The van der Waals surface area contributed by atoms with Crippen LogP contribution in [0.15, 0.2) is 0 Å². The van der Waals surface area contributed by atoms with Crippen LogP contribution in [0.1, 0.15) is 0 Å². The van der Waals surface area contributed by atoms with E-state index in [2.05, 4.69) is 9.47 Å². The van der Waals surface area contributed by atoms with Gasteiger partial charge in [0.05, 0.1) is 0 Å².